The maximum atomic E-state index is 12.5. The summed E-state index contributed by atoms with van der Waals surface area (Å²) in [6, 6.07) is 9.74. The molecule has 1 fully saturated rings. The van der Waals surface area contributed by atoms with Gasteiger partial charge in [0.2, 0.25) is 5.91 Å². The number of nitrogens with zero attached hydrogens (tertiary/aromatic N) is 1. The molecule has 0 saturated carbocycles. The fraction of sp³-hybridized carbons (Fsp3) is 0.375. The van der Waals surface area contributed by atoms with Crippen molar-refractivity contribution in [3.8, 4) is 0 Å². The summed E-state index contributed by atoms with van der Waals surface area (Å²) in [6.45, 7) is 3.86. The number of hydrogen-bond donors (Lipinski definition) is 2. The van der Waals surface area contributed by atoms with E-state index in [2.05, 4.69) is 15.6 Å². The third-order valence-electron chi connectivity index (χ3n) is 4.12. The Kier molecular flexibility index (Phi) is 3.40. The first-order chi connectivity index (χ1) is 9.67. The van der Waals surface area contributed by atoms with Gasteiger partial charge < -0.3 is 10.6 Å². The quantitative estimate of drug-likeness (QED) is 0.881. The lowest BCUT2D eigenvalue weighted by Crippen LogP contribution is -2.42. The molecule has 0 radical (unpaired) electrons. The van der Waals surface area contributed by atoms with Crippen molar-refractivity contribution in [3.05, 3.63) is 36.5 Å². The van der Waals surface area contributed by atoms with Crippen molar-refractivity contribution in [2.45, 2.75) is 19.8 Å². The third-order valence-corrected chi connectivity index (χ3v) is 4.12. The van der Waals surface area contributed by atoms with E-state index < -0.39 is 0 Å². The molecule has 1 aromatic heterocycles. The van der Waals surface area contributed by atoms with E-state index in [-0.39, 0.29) is 11.3 Å². The predicted octanol–water partition coefficient (Wildman–Crippen LogP) is 2.56. The number of rotatable bonds is 2. The number of fused-ring (bicyclic) bond motifs is 1. The highest BCUT2D eigenvalue weighted by atomic mass is 16.2. The van der Waals surface area contributed by atoms with Gasteiger partial charge in [0.1, 0.15) is 0 Å². The maximum Gasteiger partial charge on any atom is 0.230 e. The second kappa shape index (κ2) is 5.21. The first kappa shape index (κ1) is 13.1. The number of benzene rings is 1. The normalized spacial score (nSPS) is 17.9. The van der Waals surface area contributed by atoms with Crippen molar-refractivity contribution >= 4 is 22.5 Å². The Hall–Kier alpha value is -1.94. The van der Waals surface area contributed by atoms with E-state index in [4.69, 9.17) is 0 Å². The minimum Gasteiger partial charge on any atom is -0.326 e. The topological polar surface area (TPSA) is 54.0 Å². The van der Waals surface area contributed by atoms with Gasteiger partial charge >= 0.3 is 0 Å². The molecule has 2 heterocycles. The van der Waals surface area contributed by atoms with Crippen LogP contribution < -0.4 is 10.6 Å². The molecule has 2 N–H and O–H groups in total. The molecule has 3 rings (SSSR count). The Morgan fingerprint density at radius 1 is 1.30 bits per heavy atom. The summed E-state index contributed by atoms with van der Waals surface area (Å²) in [7, 11) is 0. The summed E-state index contributed by atoms with van der Waals surface area (Å²) >= 11 is 0. The molecule has 1 amide bonds. The molecule has 1 saturated heterocycles. The molecule has 1 aromatic carbocycles. The molecule has 0 aliphatic carbocycles. The van der Waals surface area contributed by atoms with E-state index in [0.717, 1.165) is 42.5 Å². The van der Waals surface area contributed by atoms with Crippen molar-refractivity contribution < 1.29 is 4.79 Å². The number of carbonyl (C=O) groups is 1. The van der Waals surface area contributed by atoms with Crippen molar-refractivity contribution in [1.82, 2.24) is 10.3 Å². The van der Waals surface area contributed by atoms with E-state index >= 15 is 0 Å². The number of pyridine rings is 1. The maximum absolute atomic E-state index is 12.5. The van der Waals surface area contributed by atoms with Gasteiger partial charge in [0.25, 0.3) is 0 Å². The van der Waals surface area contributed by atoms with Crippen LogP contribution in [0.5, 0.6) is 0 Å². The first-order valence-corrected chi connectivity index (χ1v) is 7.04. The number of hydrogen-bond acceptors (Lipinski definition) is 3. The predicted molar refractivity (Wildman–Crippen MR) is 80.6 cm³/mol. The highest BCUT2D eigenvalue weighted by molar-refractivity contribution is 5.97. The van der Waals surface area contributed by atoms with E-state index in [0.29, 0.717) is 0 Å². The Morgan fingerprint density at radius 2 is 2.10 bits per heavy atom. The number of nitrogens with one attached hydrogen (secondary N) is 2. The number of carbonyl (C=O) groups excluding carboxylic acids is 1. The standard InChI is InChI=1S/C16H19N3O/c1-16(6-9-17-10-7-16)15(20)19-13-4-5-14-12(11-13)3-2-8-18-14/h2-5,8,11,17H,6-7,9-10H2,1H3,(H,19,20). The minimum atomic E-state index is -0.269. The summed E-state index contributed by atoms with van der Waals surface area (Å²) < 4.78 is 0. The lowest BCUT2D eigenvalue weighted by Gasteiger charge is -2.32. The summed E-state index contributed by atoms with van der Waals surface area (Å²) in [5.74, 6) is 0.113. The molecule has 0 bridgehead atoms. The molecule has 20 heavy (non-hydrogen) atoms. The monoisotopic (exact) mass is 269 g/mol. The fourth-order valence-corrected chi connectivity index (χ4v) is 2.64. The van der Waals surface area contributed by atoms with Crippen LogP contribution in [0.15, 0.2) is 36.5 Å². The lowest BCUT2D eigenvalue weighted by molar-refractivity contribution is -0.126. The number of aromatic nitrogens is 1. The molecular formula is C16H19N3O. The van der Waals surface area contributed by atoms with Gasteiger partial charge in [0.15, 0.2) is 0 Å². The highest BCUT2D eigenvalue weighted by Crippen LogP contribution is 2.30. The molecule has 4 nitrogen and oxygen atoms in total. The van der Waals surface area contributed by atoms with Crippen LogP contribution in [0.25, 0.3) is 10.9 Å². The average Bonchev–Trinajstić information content (AvgIpc) is 2.48. The summed E-state index contributed by atoms with van der Waals surface area (Å²) in [5, 5.41) is 7.39. The van der Waals surface area contributed by atoms with Crippen LogP contribution in [0, 0.1) is 5.41 Å². The zero-order chi connectivity index (χ0) is 14.0. The van der Waals surface area contributed by atoms with Gasteiger partial charge in [-0.05, 0) is 50.2 Å². The van der Waals surface area contributed by atoms with E-state index in [9.17, 15) is 4.79 Å². The summed E-state index contributed by atoms with van der Waals surface area (Å²) in [6.07, 6.45) is 3.54. The van der Waals surface area contributed by atoms with Gasteiger partial charge in [-0.1, -0.05) is 13.0 Å². The van der Waals surface area contributed by atoms with E-state index in [1.54, 1.807) is 6.20 Å². The second-order valence-electron chi connectivity index (χ2n) is 5.68. The van der Waals surface area contributed by atoms with Gasteiger partial charge in [0.05, 0.1) is 5.52 Å². The number of piperidine rings is 1. The van der Waals surface area contributed by atoms with Gasteiger partial charge in [0, 0.05) is 22.7 Å². The Balaban J connectivity index is 1.80. The van der Waals surface area contributed by atoms with Crippen LogP contribution >= 0.6 is 0 Å². The van der Waals surface area contributed by atoms with Crippen molar-refractivity contribution in [1.29, 1.82) is 0 Å². The van der Waals surface area contributed by atoms with Crippen LogP contribution in [-0.4, -0.2) is 24.0 Å². The molecule has 2 aromatic rings. The molecular weight excluding hydrogens is 250 g/mol. The molecule has 1 aliphatic heterocycles. The van der Waals surface area contributed by atoms with E-state index in [1.807, 2.05) is 37.3 Å². The summed E-state index contributed by atoms with van der Waals surface area (Å²) in [4.78, 5) is 16.8. The van der Waals surface area contributed by atoms with Crippen LogP contribution in [-0.2, 0) is 4.79 Å². The average molecular weight is 269 g/mol. The molecule has 0 unspecified atom stereocenters. The van der Waals surface area contributed by atoms with E-state index in [1.165, 1.54) is 0 Å². The zero-order valence-electron chi connectivity index (χ0n) is 11.6. The van der Waals surface area contributed by atoms with Gasteiger partial charge in [-0.2, -0.15) is 0 Å². The van der Waals surface area contributed by atoms with Crippen LogP contribution in [0.4, 0.5) is 5.69 Å². The minimum absolute atomic E-state index is 0.113. The van der Waals surface area contributed by atoms with Gasteiger partial charge in [-0.3, -0.25) is 9.78 Å². The van der Waals surface area contributed by atoms with Crippen LogP contribution in [0.1, 0.15) is 19.8 Å². The van der Waals surface area contributed by atoms with Crippen LogP contribution in [0.2, 0.25) is 0 Å². The fourth-order valence-electron chi connectivity index (χ4n) is 2.64. The Bertz CT molecular complexity index is 632. The second-order valence-corrected chi connectivity index (χ2v) is 5.68. The molecule has 0 spiro atoms. The van der Waals surface area contributed by atoms with Gasteiger partial charge in [-0.15, -0.1) is 0 Å². The van der Waals surface area contributed by atoms with Crippen molar-refractivity contribution in [2.75, 3.05) is 18.4 Å². The first-order valence-electron chi connectivity index (χ1n) is 7.04. The summed E-state index contributed by atoms with van der Waals surface area (Å²) in [5.41, 5.74) is 1.52. The zero-order valence-corrected chi connectivity index (χ0v) is 11.6. The molecule has 104 valence electrons. The molecule has 0 atom stereocenters. The Labute approximate surface area is 118 Å². The van der Waals surface area contributed by atoms with Gasteiger partial charge in [-0.25, -0.2) is 0 Å². The van der Waals surface area contributed by atoms with Crippen molar-refractivity contribution in [2.24, 2.45) is 5.41 Å². The molecule has 4 heteroatoms. The smallest absolute Gasteiger partial charge is 0.230 e. The Morgan fingerprint density at radius 3 is 2.90 bits per heavy atom. The van der Waals surface area contributed by atoms with Crippen LogP contribution in [0.3, 0.4) is 0 Å². The van der Waals surface area contributed by atoms with Crippen molar-refractivity contribution in [3.63, 3.8) is 0 Å². The third kappa shape index (κ3) is 2.51. The SMILES string of the molecule is CC1(C(=O)Nc2ccc3ncccc3c2)CCNCC1. The number of amides is 1. The highest BCUT2D eigenvalue weighted by Gasteiger charge is 2.34. The lowest BCUT2D eigenvalue weighted by atomic mass is 9.80. The largest absolute Gasteiger partial charge is 0.326 e. The molecule has 1 aliphatic rings. The number of anilines is 1.